The molecule has 3 aromatic rings. The van der Waals surface area contributed by atoms with Gasteiger partial charge in [0.05, 0.1) is 18.0 Å². The first-order valence-corrected chi connectivity index (χ1v) is 5.76. The van der Waals surface area contributed by atoms with Crippen LogP contribution in [0.1, 0.15) is 12.2 Å². The molecule has 0 unspecified atom stereocenters. The van der Waals surface area contributed by atoms with E-state index < -0.39 is 0 Å². The van der Waals surface area contributed by atoms with Crippen LogP contribution in [-0.4, -0.2) is 9.97 Å². The van der Waals surface area contributed by atoms with Crippen LogP contribution in [0.25, 0.3) is 22.2 Å². The molecular weight excluding hydrogens is 226 g/mol. The van der Waals surface area contributed by atoms with E-state index in [0.29, 0.717) is 12.8 Å². The zero-order valence-electron chi connectivity index (χ0n) is 9.68. The molecule has 88 valence electrons. The molecule has 2 aromatic heterocycles. The smallest absolute Gasteiger partial charge is 0.134 e. The van der Waals surface area contributed by atoms with Crippen molar-refractivity contribution in [2.24, 2.45) is 0 Å². The van der Waals surface area contributed by atoms with Gasteiger partial charge in [-0.1, -0.05) is 18.2 Å². The van der Waals surface area contributed by atoms with E-state index in [1.807, 2.05) is 24.3 Å². The van der Waals surface area contributed by atoms with Crippen molar-refractivity contribution in [1.29, 1.82) is 5.26 Å². The SMILES string of the molecule is N#CCCc1ncc(-c2coc3ccccc23)[nH]1. The third-order valence-corrected chi connectivity index (χ3v) is 2.87. The second kappa shape index (κ2) is 4.38. The number of para-hydroxylation sites is 1. The van der Waals surface area contributed by atoms with E-state index in [2.05, 4.69) is 16.0 Å². The van der Waals surface area contributed by atoms with Crippen molar-refractivity contribution in [3.63, 3.8) is 0 Å². The lowest BCUT2D eigenvalue weighted by Crippen LogP contribution is -1.86. The monoisotopic (exact) mass is 237 g/mol. The Kier molecular flexibility index (Phi) is 2.58. The molecule has 0 aliphatic heterocycles. The number of imidazole rings is 1. The molecule has 18 heavy (non-hydrogen) atoms. The molecule has 0 amide bonds. The van der Waals surface area contributed by atoms with Crippen LogP contribution in [0.2, 0.25) is 0 Å². The highest BCUT2D eigenvalue weighted by molar-refractivity contribution is 5.92. The van der Waals surface area contributed by atoms with Gasteiger partial charge in [0.1, 0.15) is 17.7 Å². The number of hydrogen-bond acceptors (Lipinski definition) is 3. The minimum atomic E-state index is 0.471. The van der Waals surface area contributed by atoms with Crippen LogP contribution >= 0.6 is 0 Å². The standard InChI is InChI=1S/C14H11N3O/c15-7-3-6-14-16-8-12(17-14)11-9-18-13-5-2-1-4-10(11)13/h1-2,4-5,8-9H,3,6H2,(H,16,17). The van der Waals surface area contributed by atoms with Gasteiger partial charge in [0.25, 0.3) is 0 Å². The van der Waals surface area contributed by atoms with Crippen LogP contribution in [0, 0.1) is 11.3 Å². The van der Waals surface area contributed by atoms with E-state index in [1.165, 1.54) is 0 Å². The highest BCUT2D eigenvalue weighted by Crippen LogP contribution is 2.29. The number of rotatable bonds is 3. The van der Waals surface area contributed by atoms with Crippen molar-refractivity contribution in [2.75, 3.05) is 0 Å². The number of aromatic amines is 1. The second-order valence-electron chi connectivity index (χ2n) is 4.05. The van der Waals surface area contributed by atoms with Gasteiger partial charge >= 0.3 is 0 Å². The van der Waals surface area contributed by atoms with Crippen LogP contribution in [0.5, 0.6) is 0 Å². The first kappa shape index (κ1) is 10.6. The lowest BCUT2D eigenvalue weighted by Gasteiger charge is -1.93. The van der Waals surface area contributed by atoms with Gasteiger partial charge in [0.15, 0.2) is 0 Å². The van der Waals surface area contributed by atoms with E-state index in [4.69, 9.17) is 9.68 Å². The minimum absolute atomic E-state index is 0.471. The predicted octanol–water partition coefficient (Wildman–Crippen LogP) is 3.28. The van der Waals surface area contributed by atoms with E-state index in [1.54, 1.807) is 12.5 Å². The van der Waals surface area contributed by atoms with Gasteiger partial charge in [-0.05, 0) is 6.07 Å². The van der Waals surface area contributed by atoms with Crippen LogP contribution in [0.3, 0.4) is 0 Å². The van der Waals surface area contributed by atoms with Crippen LogP contribution in [0.15, 0.2) is 41.1 Å². The molecule has 4 nitrogen and oxygen atoms in total. The normalized spacial score (nSPS) is 10.6. The topological polar surface area (TPSA) is 65.6 Å². The Labute approximate surface area is 104 Å². The molecule has 0 aliphatic carbocycles. The Morgan fingerprint density at radius 1 is 1.33 bits per heavy atom. The molecule has 1 N–H and O–H groups in total. The van der Waals surface area contributed by atoms with Crippen molar-refractivity contribution in [1.82, 2.24) is 9.97 Å². The average molecular weight is 237 g/mol. The largest absolute Gasteiger partial charge is 0.464 e. The molecule has 0 fully saturated rings. The molecule has 0 saturated carbocycles. The van der Waals surface area contributed by atoms with E-state index in [0.717, 1.165) is 28.1 Å². The lowest BCUT2D eigenvalue weighted by molar-refractivity contribution is 0.617. The van der Waals surface area contributed by atoms with Gasteiger partial charge in [-0.3, -0.25) is 0 Å². The second-order valence-corrected chi connectivity index (χ2v) is 4.05. The maximum Gasteiger partial charge on any atom is 0.134 e. The Bertz CT molecular complexity index is 718. The fraction of sp³-hybridized carbons (Fsp3) is 0.143. The number of fused-ring (bicyclic) bond motifs is 1. The molecule has 4 heteroatoms. The third-order valence-electron chi connectivity index (χ3n) is 2.87. The maximum atomic E-state index is 8.55. The summed E-state index contributed by atoms with van der Waals surface area (Å²) in [7, 11) is 0. The molecule has 2 heterocycles. The fourth-order valence-corrected chi connectivity index (χ4v) is 1.99. The molecular formula is C14H11N3O. The summed E-state index contributed by atoms with van der Waals surface area (Å²) in [6.45, 7) is 0. The molecule has 3 rings (SSSR count). The molecule has 0 saturated heterocycles. The zero-order valence-corrected chi connectivity index (χ0v) is 9.68. The Morgan fingerprint density at radius 3 is 3.11 bits per heavy atom. The van der Waals surface area contributed by atoms with Crippen molar-refractivity contribution in [3.8, 4) is 17.3 Å². The van der Waals surface area contributed by atoms with Crippen LogP contribution < -0.4 is 0 Å². The fourth-order valence-electron chi connectivity index (χ4n) is 1.99. The van der Waals surface area contributed by atoms with Crippen molar-refractivity contribution >= 4 is 11.0 Å². The Balaban J connectivity index is 1.99. The number of benzene rings is 1. The molecule has 0 atom stereocenters. The van der Waals surface area contributed by atoms with Gasteiger partial charge in [-0.2, -0.15) is 5.26 Å². The van der Waals surface area contributed by atoms with Crippen molar-refractivity contribution in [3.05, 3.63) is 42.5 Å². The summed E-state index contributed by atoms with van der Waals surface area (Å²) in [4.78, 5) is 7.49. The first-order valence-electron chi connectivity index (χ1n) is 5.76. The summed E-state index contributed by atoms with van der Waals surface area (Å²) in [5, 5.41) is 9.62. The molecule has 1 aromatic carbocycles. The summed E-state index contributed by atoms with van der Waals surface area (Å²) < 4.78 is 5.49. The van der Waals surface area contributed by atoms with E-state index in [9.17, 15) is 0 Å². The predicted molar refractivity (Wildman–Crippen MR) is 67.7 cm³/mol. The van der Waals surface area contributed by atoms with E-state index in [-0.39, 0.29) is 0 Å². The number of hydrogen-bond donors (Lipinski definition) is 1. The number of nitriles is 1. The van der Waals surface area contributed by atoms with Crippen molar-refractivity contribution in [2.45, 2.75) is 12.8 Å². The first-order chi connectivity index (χ1) is 8.88. The Hall–Kier alpha value is -2.54. The van der Waals surface area contributed by atoms with Crippen LogP contribution in [0.4, 0.5) is 0 Å². The highest BCUT2D eigenvalue weighted by Gasteiger charge is 2.09. The number of aryl methyl sites for hydroxylation is 1. The van der Waals surface area contributed by atoms with Gasteiger partial charge in [0, 0.05) is 23.8 Å². The quantitative estimate of drug-likeness (QED) is 0.760. The summed E-state index contributed by atoms with van der Waals surface area (Å²) in [6, 6.07) is 9.99. The highest BCUT2D eigenvalue weighted by atomic mass is 16.3. The van der Waals surface area contributed by atoms with E-state index >= 15 is 0 Å². The molecule has 0 radical (unpaired) electrons. The molecule has 0 bridgehead atoms. The number of H-pyrrole nitrogens is 1. The number of nitrogens with zero attached hydrogens (tertiary/aromatic N) is 2. The minimum Gasteiger partial charge on any atom is -0.464 e. The lowest BCUT2D eigenvalue weighted by atomic mass is 10.1. The van der Waals surface area contributed by atoms with Gasteiger partial charge in [-0.15, -0.1) is 0 Å². The van der Waals surface area contributed by atoms with Crippen LogP contribution in [-0.2, 0) is 6.42 Å². The zero-order chi connectivity index (χ0) is 12.4. The van der Waals surface area contributed by atoms with Gasteiger partial charge in [-0.25, -0.2) is 4.98 Å². The molecule has 0 spiro atoms. The molecule has 0 aliphatic rings. The maximum absolute atomic E-state index is 8.55. The van der Waals surface area contributed by atoms with Gasteiger partial charge in [0.2, 0.25) is 0 Å². The average Bonchev–Trinajstić information content (AvgIpc) is 3.02. The summed E-state index contributed by atoms with van der Waals surface area (Å²) >= 11 is 0. The summed E-state index contributed by atoms with van der Waals surface area (Å²) in [6.07, 6.45) is 4.63. The Morgan fingerprint density at radius 2 is 2.22 bits per heavy atom. The van der Waals surface area contributed by atoms with Crippen molar-refractivity contribution < 1.29 is 4.42 Å². The third kappa shape index (κ3) is 1.76. The number of furan rings is 1. The summed E-state index contributed by atoms with van der Waals surface area (Å²) in [5.74, 6) is 0.830. The summed E-state index contributed by atoms with van der Waals surface area (Å²) in [5.41, 5.74) is 2.79. The number of aromatic nitrogens is 2. The number of nitrogens with one attached hydrogen (secondary N) is 1. The van der Waals surface area contributed by atoms with Gasteiger partial charge < -0.3 is 9.40 Å².